The summed E-state index contributed by atoms with van der Waals surface area (Å²) in [5, 5.41) is 0. The number of carbonyl (C=O) groups is 1. The van der Waals surface area contributed by atoms with E-state index in [2.05, 4.69) is 6.92 Å². The first-order valence-corrected chi connectivity index (χ1v) is 4.69. The van der Waals surface area contributed by atoms with Gasteiger partial charge in [0.05, 0.1) is 12.7 Å². The van der Waals surface area contributed by atoms with Crippen molar-refractivity contribution < 1.29 is 9.53 Å². The number of hydrogen-bond acceptors (Lipinski definition) is 2. The molecule has 2 saturated heterocycles. The third kappa shape index (κ3) is 1.61. The second kappa shape index (κ2) is 3.05. The minimum Gasteiger partial charge on any atom is -0.371 e. The average Bonchev–Trinajstić information content (AvgIpc) is 2.78. The summed E-state index contributed by atoms with van der Waals surface area (Å²) in [6.45, 7) is 4.78. The molecule has 0 aromatic carbocycles. The summed E-state index contributed by atoms with van der Waals surface area (Å²) in [7, 11) is 0. The largest absolute Gasteiger partial charge is 0.371 e. The summed E-state index contributed by atoms with van der Waals surface area (Å²) in [6, 6.07) is 0. The van der Waals surface area contributed by atoms with Crippen LogP contribution in [0.25, 0.3) is 0 Å². The average molecular weight is 169 g/mol. The summed E-state index contributed by atoms with van der Waals surface area (Å²) in [5.41, 5.74) is 0. The summed E-state index contributed by atoms with van der Waals surface area (Å²) in [4.78, 5) is 13.3. The number of rotatable bonds is 3. The van der Waals surface area contributed by atoms with Crippen LogP contribution in [-0.4, -0.2) is 36.6 Å². The molecule has 0 aromatic heterocycles. The lowest BCUT2D eigenvalue weighted by Crippen LogP contribution is -2.29. The topological polar surface area (TPSA) is 32.8 Å². The lowest BCUT2D eigenvalue weighted by atomic mass is 10.1. The molecule has 0 spiro atoms. The van der Waals surface area contributed by atoms with Crippen molar-refractivity contribution in [2.75, 3.05) is 19.7 Å². The number of nitrogens with zero attached hydrogens (tertiary/aromatic N) is 1. The van der Waals surface area contributed by atoms with Crippen molar-refractivity contribution in [1.82, 2.24) is 4.90 Å². The normalized spacial score (nSPS) is 34.4. The second-order valence-electron chi connectivity index (χ2n) is 3.73. The molecule has 2 aliphatic rings. The fraction of sp³-hybridized carbons (Fsp3) is 0.889. The molecule has 3 nitrogen and oxygen atoms in total. The Kier molecular flexibility index (Phi) is 2.05. The van der Waals surface area contributed by atoms with E-state index in [0.29, 0.717) is 17.9 Å². The van der Waals surface area contributed by atoms with Crippen molar-refractivity contribution in [3.8, 4) is 0 Å². The Labute approximate surface area is 72.7 Å². The van der Waals surface area contributed by atoms with Crippen LogP contribution in [-0.2, 0) is 9.53 Å². The van der Waals surface area contributed by atoms with Crippen LogP contribution in [0.5, 0.6) is 0 Å². The molecular formula is C9H15NO2. The number of carbonyl (C=O) groups excluding carboxylic acids is 1. The Morgan fingerprint density at radius 1 is 1.67 bits per heavy atom. The van der Waals surface area contributed by atoms with E-state index in [9.17, 15) is 4.79 Å². The van der Waals surface area contributed by atoms with E-state index in [0.717, 1.165) is 32.5 Å². The van der Waals surface area contributed by atoms with Gasteiger partial charge in [-0.1, -0.05) is 13.3 Å². The van der Waals surface area contributed by atoms with Gasteiger partial charge in [-0.05, 0) is 5.92 Å². The molecule has 3 heteroatoms. The lowest BCUT2D eigenvalue weighted by molar-refractivity contribution is -0.127. The summed E-state index contributed by atoms with van der Waals surface area (Å²) in [5.74, 6) is 0.911. The first-order valence-electron chi connectivity index (χ1n) is 4.69. The molecule has 0 saturated carbocycles. The van der Waals surface area contributed by atoms with Crippen molar-refractivity contribution in [3.63, 3.8) is 0 Å². The highest BCUT2D eigenvalue weighted by Gasteiger charge is 2.33. The van der Waals surface area contributed by atoms with Gasteiger partial charge in [-0.25, -0.2) is 0 Å². The molecule has 68 valence electrons. The lowest BCUT2D eigenvalue weighted by Gasteiger charge is -2.14. The molecule has 1 unspecified atom stereocenters. The Morgan fingerprint density at radius 2 is 2.42 bits per heavy atom. The standard InChI is InChI=1S/C9H15NO2/c1-2-7-3-9(11)10(4-7)5-8-6-12-8/h7-8H,2-6H2,1H3/t7?,8-/m0/s1. The molecule has 12 heavy (non-hydrogen) atoms. The van der Waals surface area contributed by atoms with Gasteiger partial charge in [0.15, 0.2) is 0 Å². The summed E-state index contributed by atoms with van der Waals surface area (Å²) >= 11 is 0. The van der Waals surface area contributed by atoms with E-state index in [1.165, 1.54) is 0 Å². The summed E-state index contributed by atoms with van der Waals surface area (Å²) in [6.07, 6.45) is 2.22. The van der Waals surface area contributed by atoms with Gasteiger partial charge >= 0.3 is 0 Å². The van der Waals surface area contributed by atoms with Crippen molar-refractivity contribution >= 4 is 5.91 Å². The second-order valence-corrected chi connectivity index (χ2v) is 3.73. The van der Waals surface area contributed by atoms with E-state index in [1.54, 1.807) is 0 Å². The maximum Gasteiger partial charge on any atom is 0.223 e. The Morgan fingerprint density at radius 3 is 2.92 bits per heavy atom. The molecule has 2 aliphatic heterocycles. The maximum atomic E-state index is 11.4. The fourth-order valence-corrected chi connectivity index (χ4v) is 1.72. The van der Waals surface area contributed by atoms with E-state index < -0.39 is 0 Å². The van der Waals surface area contributed by atoms with Crippen LogP contribution in [0.3, 0.4) is 0 Å². The zero-order valence-corrected chi connectivity index (χ0v) is 7.45. The van der Waals surface area contributed by atoms with Crippen molar-refractivity contribution in [1.29, 1.82) is 0 Å². The third-order valence-electron chi connectivity index (χ3n) is 2.70. The molecule has 2 fully saturated rings. The highest BCUT2D eigenvalue weighted by Crippen LogP contribution is 2.22. The highest BCUT2D eigenvalue weighted by atomic mass is 16.6. The summed E-state index contributed by atoms with van der Waals surface area (Å²) < 4.78 is 5.09. The van der Waals surface area contributed by atoms with Gasteiger partial charge < -0.3 is 9.64 Å². The van der Waals surface area contributed by atoms with Gasteiger partial charge in [-0.15, -0.1) is 0 Å². The van der Waals surface area contributed by atoms with E-state index in [-0.39, 0.29) is 0 Å². The SMILES string of the molecule is CCC1CC(=O)N(C[C@H]2CO2)C1. The van der Waals surface area contributed by atoms with Crippen LogP contribution in [0.15, 0.2) is 0 Å². The first-order chi connectivity index (χ1) is 5.79. The van der Waals surface area contributed by atoms with Crippen molar-refractivity contribution in [2.45, 2.75) is 25.9 Å². The van der Waals surface area contributed by atoms with Crippen LogP contribution < -0.4 is 0 Å². The van der Waals surface area contributed by atoms with Gasteiger partial charge in [0.1, 0.15) is 0 Å². The van der Waals surface area contributed by atoms with E-state index in [1.807, 2.05) is 4.90 Å². The van der Waals surface area contributed by atoms with Crippen molar-refractivity contribution in [3.05, 3.63) is 0 Å². The predicted molar refractivity (Wildman–Crippen MR) is 44.7 cm³/mol. The van der Waals surface area contributed by atoms with Gasteiger partial charge in [-0.2, -0.15) is 0 Å². The molecule has 2 atom stereocenters. The van der Waals surface area contributed by atoms with Crippen LogP contribution in [0.1, 0.15) is 19.8 Å². The van der Waals surface area contributed by atoms with Crippen LogP contribution in [0.2, 0.25) is 0 Å². The van der Waals surface area contributed by atoms with Crippen molar-refractivity contribution in [2.24, 2.45) is 5.92 Å². The quantitative estimate of drug-likeness (QED) is 0.581. The molecule has 0 bridgehead atoms. The van der Waals surface area contributed by atoms with Crippen LogP contribution in [0, 0.1) is 5.92 Å². The number of amides is 1. The highest BCUT2D eigenvalue weighted by molar-refractivity contribution is 5.78. The monoisotopic (exact) mass is 169 g/mol. The Balaban J connectivity index is 1.84. The third-order valence-corrected chi connectivity index (χ3v) is 2.70. The zero-order chi connectivity index (χ0) is 8.55. The molecular weight excluding hydrogens is 154 g/mol. The van der Waals surface area contributed by atoms with E-state index >= 15 is 0 Å². The minimum atomic E-state index is 0.317. The molecule has 0 N–H and O–H groups in total. The fourth-order valence-electron chi connectivity index (χ4n) is 1.72. The molecule has 0 radical (unpaired) electrons. The predicted octanol–water partition coefficient (Wildman–Crippen LogP) is 0.644. The van der Waals surface area contributed by atoms with Crippen LogP contribution in [0.4, 0.5) is 0 Å². The van der Waals surface area contributed by atoms with Gasteiger partial charge in [0.25, 0.3) is 0 Å². The minimum absolute atomic E-state index is 0.317. The van der Waals surface area contributed by atoms with Gasteiger partial charge in [0.2, 0.25) is 5.91 Å². The van der Waals surface area contributed by atoms with E-state index in [4.69, 9.17) is 4.74 Å². The maximum absolute atomic E-state index is 11.4. The Hall–Kier alpha value is -0.570. The molecule has 1 amide bonds. The number of ether oxygens (including phenoxy) is 1. The number of epoxide rings is 1. The number of likely N-dealkylation sites (tertiary alicyclic amines) is 1. The van der Waals surface area contributed by atoms with Gasteiger partial charge in [0, 0.05) is 19.5 Å². The Bertz CT molecular complexity index is 189. The molecule has 2 heterocycles. The first kappa shape index (κ1) is 8.05. The van der Waals surface area contributed by atoms with Gasteiger partial charge in [-0.3, -0.25) is 4.79 Å². The molecule has 2 rings (SSSR count). The zero-order valence-electron chi connectivity index (χ0n) is 7.45. The molecule has 0 aromatic rings. The van der Waals surface area contributed by atoms with Crippen LogP contribution >= 0.6 is 0 Å². The number of hydrogen-bond donors (Lipinski definition) is 0. The smallest absolute Gasteiger partial charge is 0.223 e. The molecule has 0 aliphatic carbocycles.